The number of amides is 2. The summed E-state index contributed by atoms with van der Waals surface area (Å²) in [6.45, 7) is 5.38. The van der Waals surface area contributed by atoms with Gasteiger partial charge >= 0.3 is 0 Å². The number of rotatable bonds is 6. The molecule has 3 aromatic rings. The average molecular weight is 368 g/mol. The lowest BCUT2D eigenvalue weighted by molar-refractivity contribution is -0.118. The van der Waals surface area contributed by atoms with Gasteiger partial charge in [-0.05, 0) is 57.2 Å². The predicted molar refractivity (Wildman–Crippen MR) is 99.4 cm³/mol. The van der Waals surface area contributed by atoms with Crippen molar-refractivity contribution in [2.45, 2.75) is 20.8 Å². The molecule has 2 N–H and O–H groups in total. The van der Waals surface area contributed by atoms with Crippen molar-refractivity contribution in [3.63, 3.8) is 0 Å². The van der Waals surface area contributed by atoms with Gasteiger partial charge in [-0.3, -0.25) is 19.7 Å². The Bertz CT molecular complexity index is 937. The van der Waals surface area contributed by atoms with E-state index in [1.807, 2.05) is 26.0 Å². The number of hydrogen-bond donors (Lipinski definition) is 2. The molecule has 8 heteroatoms. The Morgan fingerprint density at radius 1 is 1.07 bits per heavy atom. The molecule has 27 heavy (non-hydrogen) atoms. The van der Waals surface area contributed by atoms with Crippen LogP contribution in [0, 0.1) is 20.8 Å². The summed E-state index contributed by atoms with van der Waals surface area (Å²) in [5.41, 5.74) is 5.19. The molecule has 2 heterocycles. The third-order valence-electron chi connectivity index (χ3n) is 3.87. The largest absolute Gasteiger partial charge is 0.484 e. The Morgan fingerprint density at radius 2 is 1.74 bits per heavy atom. The molecule has 0 fully saturated rings. The molecule has 8 nitrogen and oxygen atoms in total. The molecule has 0 unspecified atom stereocenters. The lowest BCUT2D eigenvalue weighted by atomic mass is 10.2. The SMILES string of the molecule is Cc1cc(NC(=O)COc2ccc(C(=O)Nn3c(C)ccc3C)cc2)no1. The number of benzene rings is 1. The number of carbonyl (C=O) groups excluding carboxylic acids is 2. The topological polar surface area (TPSA) is 98.4 Å². The minimum atomic E-state index is -0.358. The molecule has 2 aromatic heterocycles. The normalized spacial score (nSPS) is 10.5. The lowest BCUT2D eigenvalue weighted by Crippen LogP contribution is -2.24. The minimum absolute atomic E-state index is 0.181. The first-order valence-electron chi connectivity index (χ1n) is 8.35. The van der Waals surface area contributed by atoms with E-state index in [1.165, 1.54) is 0 Å². The Hall–Kier alpha value is -3.55. The van der Waals surface area contributed by atoms with Crippen molar-refractivity contribution in [1.29, 1.82) is 0 Å². The summed E-state index contributed by atoms with van der Waals surface area (Å²) in [7, 11) is 0. The third-order valence-corrected chi connectivity index (χ3v) is 3.87. The number of ether oxygens (including phenoxy) is 1. The van der Waals surface area contributed by atoms with Crippen molar-refractivity contribution in [1.82, 2.24) is 9.83 Å². The predicted octanol–water partition coefficient (Wildman–Crippen LogP) is 2.80. The molecule has 1 aromatic carbocycles. The van der Waals surface area contributed by atoms with Crippen molar-refractivity contribution >= 4 is 17.6 Å². The van der Waals surface area contributed by atoms with E-state index in [1.54, 1.807) is 41.9 Å². The van der Waals surface area contributed by atoms with Crippen LogP contribution in [0.5, 0.6) is 5.75 Å². The van der Waals surface area contributed by atoms with Crippen LogP contribution in [-0.4, -0.2) is 28.3 Å². The molecule has 0 spiro atoms. The first-order valence-corrected chi connectivity index (χ1v) is 8.35. The van der Waals surface area contributed by atoms with Gasteiger partial charge in [-0.2, -0.15) is 0 Å². The summed E-state index contributed by atoms with van der Waals surface area (Å²) in [5.74, 6) is 0.826. The van der Waals surface area contributed by atoms with E-state index in [9.17, 15) is 9.59 Å². The van der Waals surface area contributed by atoms with Crippen molar-refractivity contribution < 1.29 is 18.8 Å². The third kappa shape index (κ3) is 4.55. The maximum absolute atomic E-state index is 12.3. The zero-order valence-electron chi connectivity index (χ0n) is 15.3. The molecule has 2 amide bonds. The van der Waals surface area contributed by atoms with E-state index >= 15 is 0 Å². The average Bonchev–Trinajstić information content (AvgIpc) is 3.20. The van der Waals surface area contributed by atoms with Crippen LogP contribution in [0.1, 0.15) is 27.5 Å². The smallest absolute Gasteiger partial charge is 0.270 e. The fourth-order valence-corrected chi connectivity index (χ4v) is 2.47. The van der Waals surface area contributed by atoms with Crippen molar-refractivity contribution in [3.05, 3.63) is 65.2 Å². The number of aryl methyl sites for hydroxylation is 3. The van der Waals surface area contributed by atoms with Gasteiger partial charge < -0.3 is 14.6 Å². The maximum Gasteiger partial charge on any atom is 0.270 e. The van der Waals surface area contributed by atoms with Crippen LogP contribution in [-0.2, 0) is 4.79 Å². The Labute approximate surface area is 156 Å². The Kier molecular flexibility index (Phi) is 5.25. The highest BCUT2D eigenvalue weighted by Crippen LogP contribution is 2.14. The zero-order valence-corrected chi connectivity index (χ0v) is 15.3. The first-order chi connectivity index (χ1) is 12.9. The van der Waals surface area contributed by atoms with Gasteiger partial charge in [-0.15, -0.1) is 0 Å². The van der Waals surface area contributed by atoms with Crippen LogP contribution in [0.3, 0.4) is 0 Å². The summed E-state index contributed by atoms with van der Waals surface area (Å²) >= 11 is 0. The van der Waals surface area contributed by atoms with Gasteiger partial charge in [-0.1, -0.05) is 5.16 Å². The van der Waals surface area contributed by atoms with Crippen molar-refractivity contribution in [2.24, 2.45) is 0 Å². The molecular weight excluding hydrogens is 348 g/mol. The van der Waals surface area contributed by atoms with E-state index in [0.29, 0.717) is 22.9 Å². The summed E-state index contributed by atoms with van der Waals surface area (Å²) in [6.07, 6.45) is 0. The fraction of sp³-hybridized carbons (Fsp3) is 0.211. The molecule has 0 aliphatic rings. The number of hydrogen-bond acceptors (Lipinski definition) is 5. The summed E-state index contributed by atoms with van der Waals surface area (Å²) in [5, 5.41) is 6.24. The number of carbonyl (C=O) groups is 2. The molecule has 0 aliphatic heterocycles. The fourth-order valence-electron chi connectivity index (χ4n) is 2.47. The monoisotopic (exact) mass is 368 g/mol. The van der Waals surface area contributed by atoms with E-state index in [2.05, 4.69) is 15.9 Å². The standard InChI is InChI=1S/C19H20N4O4/c1-12-4-5-13(2)23(12)21-19(25)15-6-8-16(9-7-15)26-11-18(24)20-17-10-14(3)27-22-17/h4-10H,11H2,1-3H3,(H,21,25)(H,20,22,24). The van der Waals surface area contributed by atoms with E-state index in [0.717, 1.165) is 11.4 Å². The van der Waals surface area contributed by atoms with Crippen LogP contribution in [0.15, 0.2) is 47.0 Å². The molecule has 0 aliphatic carbocycles. The zero-order chi connectivity index (χ0) is 19.4. The molecular formula is C19H20N4O4. The maximum atomic E-state index is 12.3. The van der Waals surface area contributed by atoms with E-state index < -0.39 is 0 Å². The molecule has 0 saturated carbocycles. The molecule has 0 bridgehead atoms. The van der Waals surface area contributed by atoms with Gasteiger partial charge in [0.1, 0.15) is 11.5 Å². The summed E-state index contributed by atoms with van der Waals surface area (Å²) in [4.78, 5) is 24.2. The molecule has 140 valence electrons. The van der Waals surface area contributed by atoms with Gasteiger partial charge in [0.15, 0.2) is 12.4 Å². The molecule has 0 radical (unpaired) electrons. The van der Waals surface area contributed by atoms with Crippen LogP contribution in [0.4, 0.5) is 5.82 Å². The van der Waals surface area contributed by atoms with Crippen molar-refractivity contribution in [2.75, 3.05) is 17.3 Å². The lowest BCUT2D eigenvalue weighted by Gasteiger charge is -2.11. The van der Waals surface area contributed by atoms with Gasteiger partial charge in [-0.25, -0.2) is 0 Å². The van der Waals surface area contributed by atoms with E-state index in [4.69, 9.17) is 9.26 Å². The number of nitrogens with zero attached hydrogens (tertiary/aromatic N) is 2. The van der Waals surface area contributed by atoms with Gasteiger partial charge in [0.25, 0.3) is 11.8 Å². The highest BCUT2D eigenvalue weighted by molar-refractivity contribution is 6.00. The first kappa shape index (κ1) is 18.2. The van der Waals surface area contributed by atoms with Crippen LogP contribution in [0.2, 0.25) is 0 Å². The highest BCUT2D eigenvalue weighted by Gasteiger charge is 2.10. The molecule has 3 rings (SSSR count). The van der Waals surface area contributed by atoms with Crippen LogP contribution >= 0.6 is 0 Å². The summed E-state index contributed by atoms with van der Waals surface area (Å²) in [6, 6.07) is 12.0. The quantitative estimate of drug-likeness (QED) is 0.697. The van der Waals surface area contributed by atoms with Gasteiger partial charge in [0, 0.05) is 23.0 Å². The molecule has 0 atom stereocenters. The van der Waals surface area contributed by atoms with Crippen molar-refractivity contribution in [3.8, 4) is 5.75 Å². The second-order valence-electron chi connectivity index (χ2n) is 6.08. The summed E-state index contributed by atoms with van der Waals surface area (Å²) < 4.78 is 12.0. The second kappa shape index (κ2) is 7.77. The number of nitrogens with one attached hydrogen (secondary N) is 2. The Balaban J connectivity index is 1.53. The number of anilines is 1. The second-order valence-corrected chi connectivity index (χ2v) is 6.08. The minimum Gasteiger partial charge on any atom is -0.484 e. The van der Waals surface area contributed by atoms with Crippen LogP contribution < -0.4 is 15.5 Å². The number of aromatic nitrogens is 2. The van der Waals surface area contributed by atoms with Gasteiger partial charge in [0.2, 0.25) is 0 Å². The molecule has 0 saturated heterocycles. The highest BCUT2D eigenvalue weighted by atomic mass is 16.5. The van der Waals surface area contributed by atoms with Crippen LogP contribution in [0.25, 0.3) is 0 Å². The van der Waals surface area contributed by atoms with Gasteiger partial charge in [0.05, 0.1) is 0 Å². The Morgan fingerprint density at radius 3 is 2.33 bits per heavy atom. The van der Waals surface area contributed by atoms with E-state index in [-0.39, 0.29) is 18.4 Å².